The summed E-state index contributed by atoms with van der Waals surface area (Å²) < 4.78 is 0. The number of hydrogen-bond donors (Lipinski definition) is 1. The first-order valence-corrected chi connectivity index (χ1v) is 7.92. The standard InChI is InChI=1S/C21H19NO/c1-21(14-16-7-3-2-4-8-16)15-20(22-23-21)19-12-11-17-9-5-6-10-18(17)13-19/h2-13,15,22H,14H2,1H3. The highest BCUT2D eigenvalue weighted by Crippen LogP contribution is 2.30. The molecule has 2 nitrogen and oxygen atoms in total. The topological polar surface area (TPSA) is 21.3 Å². The molecule has 2 heteroatoms. The van der Waals surface area contributed by atoms with Crippen molar-refractivity contribution < 1.29 is 4.84 Å². The van der Waals surface area contributed by atoms with E-state index in [1.165, 1.54) is 16.3 Å². The van der Waals surface area contributed by atoms with Gasteiger partial charge in [0.25, 0.3) is 0 Å². The van der Waals surface area contributed by atoms with Crippen molar-refractivity contribution in [3.8, 4) is 0 Å². The van der Waals surface area contributed by atoms with Crippen LogP contribution in [0.2, 0.25) is 0 Å². The predicted molar refractivity (Wildman–Crippen MR) is 94.7 cm³/mol. The average Bonchev–Trinajstić information content (AvgIpc) is 2.97. The fraction of sp³-hybridized carbons (Fsp3) is 0.143. The summed E-state index contributed by atoms with van der Waals surface area (Å²) in [6.45, 7) is 2.11. The van der Waals surface area contributed by atoms with Gasteiger partial charge in [0, 0.05) is 12.0 Å². The van der Waals surface area contributed by atoms with Gasteiger partial charge in [0.1, 0.15) is 5.60 Å². The van der Waals surface area contributed by atoms with E-state index in [-0.39, 0.29) is 5.60 Å². The lowest BCUT2D eigenvalue weighted by molar-refractivity contribution is -0.0208. The van der Waals surface area contributed by atoms with Crippen LogP contribution in [0.3, 0.4) is 0 Å². The zero-order chi connectivity index (χ0) is 15.7. The molecular formula is C21H19NO. The minimum absolute atomic E-state index is 0.331. The van der Waals surface area contributed by atoms with Crippen molar-refractivity contribution in [1.82, 2.24) is 5.48 Å². The molecule has 1 atom stereocenters. The molecule has 0 saturated heterocycles. The fourth-order valence-electron chi connectivity index (χ4n) is 3.12. The number of rotatable bonds is 3. The molecule has 1 aliphatic rings. The lowest BCUT2D eigenvalue weighted by atomic mass is 9.94. The van der Waals surface area contributed by atoms with Crippen LogP contribution in [0.5, 0.6) is 0 Å². The maximum Gasteiger partial charge on any atom is 0.118 e. The third kappa shape index (κ3) is 2.86. The van der Waals surface area contributed by atoms with E-state index in [2.05, 4.69) is 85.2 Å². The van der Waals surface area contributed by atoms with Gasteiger partial charge < -0.3 is 0 Å². The van der Waals surface area contributed by atoms with Gasteiger partial charge >= 0.3 is 0 Å². The van der Waals surface area contributed by atoms with Gasteiger partial charge in [-0.25, -0.2) is 0 Å². The van der Waals surface area contributed by atoms with Gasteiger partial charge in [-0.3, -0.25) is 10.3 Å². The summed E-state index contributed by atoms with van der Waals surface area (Å²) >= 11 is 0. The van der Waals surface area contributed by atoms with E-state index in [1.54, 1.807) is 0 Å². The number of fused-ring (bicyclic) bond motifs is 1. The molecule has 1 unspecified atom stereocenters. The molecular weight excluding hydrogens is 282 g/mol. The molecule has 1 heterocycles. The van der Waals surface area contributed by atoms with Gasteiger partial charge in [-0.2, -0.15) is 0 Å². The first kappa shape index (κ1) is 14.0. The lowest BCUT2D eigenvalue weighted by Crippen LogP contribution is -2.28. The second-order valence-corrected chi connectivity index (χ2v) is 6.30. The summed E-state index contributed by atoms with van der Waals surface area (Å²) in [7, 11) is 0. The van der Waals surface area contributed by atoms with Gasteiger partial charge in [0.15, 0.2) is 0 Å². The zero-order valence-corrected chi connectivity index (χ0v) is 13.1. The van der Waals surface area contributed by atoms with E-state index in [0.717, 1.165) is 17.7 Å². The van der Waals surface area contributed by atoms with Crippen molar-refractivity contribution in [3.05, 3.63) is 90.0 Å². The Balaban J connectivity index is 1.64. The third-order valence-corrected chi connectivity index (χ3v) is 4.30. The monoisotopic (exact) mass is 301 g/mol. The predicted octanol–water partition coefficient (Wildman–Crippen LogP) is 4.72. The number of hydrogen-bond acceptors (Lipinski definition) is 2. The van der Waals surface area contributed by atoms with Crippen LogP contribution in [-0.2, 0) is 11.3 Å². The molecule has 114 valence electrons. The van der Waals surface area contributed by atoms with Crippen molar-refractivity contribution >= 4 is 16.5 Å². The molecule has 0 radical (unpaired) electrons. The zero-order valence-electron chi connectivity index (χ0n) is 13.1. The van der Waals surface area contributed by atoms with Crippen LogP contribution in [0.25, 0.3) is 16.5 Å². The Morgan fingerprint density at radius 1 is 0.870 bits per heavy atom. The van der Waals surface area contributed by atoms with E-state index in [9.17, 15) is 0 Å². The van der Waals surface area contributed by atoms with E-state index < -0.39 is 0 Å². The second-order valence-electron chi connectivity index (χ2n) is 6.30. The molecule has 0 fully saturated rings. The molecule has 1 aliphatic heterocycles. The fourth-order valence-corrected chi connectivity index (χ4v) is 3.12. The lowest BCUT2D eigenvalue weighted by Gasteiger charge is -2.19. The highest BCUT2D eigenvalue weighted by atomic mass is 16.7. The maximum absolute atomic E-state index is 5.88. The first-order chi connectivity index (χ1) is 11.2. The third-order valence-electron chi connectivity index (χ3n) is 4.30. The molecule has 3 aromatic rings. The normalized spacial score (nSPS) is 20.3. The number of benzene rings is 3. The van der Waals surface area contributed by atoms with E-state index in [1.807, 2.05) is 6.07 Å². The molecule has 0 bridgehead atoms. The summed E-state index contributed by atoms with van der Waals surface area (Å²) in [5, 5.41) is 2.49. The van der Waals surface area contributed by atoms with Crippen LogP contribution in [0.1, 0.15) is 18.1 Å². The summed E-state index contributed by atoms with van der Waals surface area (Å²) in [6, 6.07) is 25.3. The Hall–Kier alpha value is -2.58. The Morgan fingerprint density at radius 3 is 2.43 bits per heavy atom. The number of nitrogens with one attached hydrogen (secondary N) is 1. The molecule has 0 saturated carbocycles. The Bertz CT molecular complexity index is 869. The summed E-state index contributed by atoms with van der Waals surface area (Å²) in [5.41, 5.74) is 6.24. The minimum Gasteiger partial charge on any atom is -0.266 e. The molecule has 4 rings (SSSR count). The quantitative estimate of drug-likeness (QED) is 0.756. The van der Waals surface area contributed by atoms with E-state index in [4.69, 9.17) is 4.84 Å². The van der Waals surface area contributed by atoms with Gasteiger partial charge in [-0.15, -0.1) is 0 Å². The largest absolute Gasteiger partial charge is 0.266 e. The van der Waals surface area contributed by atoms with Crippen molar-refractivity contribution in [3.63, 3.8) is 0 Å². The van der Waals surface area contributed by atoms with Crippen molar-refractivity contribution in [2.24, 2.45) is 0 Å². The summed E-state index contributed by atoms with van der Waals surface area (Å²) in [5.74, 6) is 0. The SMILES string of the molecule is CC1(Cc2ccccc2)C=C(c2ccc3ccccc3c2)NO1. The van der Waals surface area contributed by atoms with Crippen LogP contribution < -0.4 is 5.48 Å². The van der Waals surface area contributed by atoms with Crippen LogP contribution >= 0.6 is 0 Å². The molecule has 0 aromatic heterocycles. The molecule has 0 amide bonds. The van der Waals surface area contributed by atoms with Gasteiger partial charge in [-0.1, -0.05) is 66.7 Å². The van der Waals surface area contributed by atoms with Gasteiger partial charge in [0.05, 0.1) is 5.70 Å². The van der Waals surface area contributed by atoms with Crippen molar-refractivity contribution in [2.75, 3.05) is 0 Å². The summed E-state index contributed by atoms with van der Waals surface area (Å²) in [4.78, 5) is 5.88. The van der Waals surface area contributed by atoms with Gasteiger partial charge in [0.2, 0.25) is 0 Å². The Labute approximate surface area is 136 Å². The highest BCUT2D eigenvalue weighted by Gasteiger charge is 2.30. The Kier molecular flexibility index (Phi) is 3.40. The van der Waals surface area contributed by atoms with E-state index >= 15 is 0 Å². The van der Waals surface area contributed by atoms with Crippen LogP contribution in [0.15, 0.2) is 78.9 Å². The smallest absolute Gasteiger partial charge is 0.118 e. The average molecular weight is 301 g/mol. The molecule has 23 heavy (non-hydrogen) atoms. The highest BCUT2D eigenvalue weighted by molar-refractivity contribution is 5.86. The van der Waals surface area contributed by atoms with Crippen LogP contribution in [0.4, 0.5) is 0 Å². The van der Waals surface area contributed by atoms with Crippen molar-refractivity contribution in [2.45, 2.75) is 18.9 Å². The first-order valence-electron chi connectivity index (χ1n) is 7.92. The van der Waals surface area contributed by atoms with E-state index in [0.29, 0.717) is 0 Å². The maximum atomic E-state index is 5.88. The summed E-state index contributed by atoms with van der Waals surface area (Å²) in [6.07, 6.45) is 3.03. The van der Waals surface area contributed by atoms with Crippen molar-refractivity contribution in [1.29, 1.82) is 0 Å². The molecule has 3 aromatic carbocycles. The molecule has 0 spiro atoms. The molecule has 1 N–H and O–H groups in total. The second kappa shape index (κ2) is 5.56. The van der Waals surface area contributed by atoms with Crippen LogP contribution in [0, 0.1) is 0 Å². The molecule has 0 aliphatic carbocycles. The van der Waals surface area contributed by atoms with Crippen LogP contribution in [-0.4, -0.2) is 5.60 Å². The minimum atomic E-state index is -0.331. The Morgan fingerprint density at radius 2 is 1.61 bits per heavy atom. The van der Waals surface area contributed by atoms with Gasteiger partial charge in [-0.05, 0) is 35.4 Å². The number of hydroxylamine groups is 1.